The van der Waals surface area contributed by atoms with Gasteiger partial charge in [0.1, 0.15) is 12.9 Å². The van der Waals surface area contributed by atoms with E-state index in [0.29, 0.717) is 11.5 Å². The molecule has 0 amide bonds. The van der Waals surface area contributed by atoms with E-state index in [1.165, 1.54) is 10.9 Å². The summed E-state index contributed by atoms with van der Waals surface area (Å²) in [5.41, 5.74) is 0.544. The van der Waals surface area contributed by atoms with Gasteiger partial charge in [-0.2, -0.15) is 4.98 Å². The third-order valence-corrected chi connectivity index (χ3v) is 1.92. The largest absolute Gasteiger partial charge is 0.492 e. The molecule has 0 saturated carbocycles. The number of nitrogens with zero attached hydrogens (tertiary/aromatic N) is 4. The molecular formula is C8H10N4O3. The van der Waals surface area contributed by atoms with E-state index in [1.807, 2.05) is 0 Å². The fourth-order valence-corrected chi connectivity index (χ4v) is 1.12. The van der Waals surface area contributed by atoms with Gasteiger partial charge < -0.3 is 14.4 Å². The number of methoxy groups -OCH3 is 1. The van der Waals surface area contributed by atoms with E-state index in [9.17, 15) is 5.11 Å². The van der Waals surface area contributed by atoms with E-state index in [1.54, 1.807) is 14.0 Å². The lowest BCUT2D eigenvalue weighted by Crippen LogP contribution is -1.96. The highest BCUT2D eigenvalue weighted by Gasteiger charge is 2.12. The summed E-state index contributed by atoms with van der Waals surface area (Å²) in [5, 5.41) is 13.0. The van der Waals surface area contributed by atoms with E-state index >= 15 is 0 Å². The van der Waals surface area contributed by atoms with Gasteiger partial charge in [0.05, 0.1) is 5.69 Å². The van der Waals surface area contributed by atoms with Crippen LogP contribution in [0.3, 0.4) is 0 Å². The van der Waals surface area contributed by atoms with Crippen LogP contribution in [-0.2, 0) is 11.3 Å². The van der Waals surface area contributed by atoms with Crippen molar-refractivity contribution >= 4 is 0 Å². The Morgan fingerprint density at radius 1 is 1.60 bits per heavy atom. The number of imidazole rings is 1. The molecule has 0 unspecified atom stereocenters. The van der Waals surface area contributed by atoms with Crippen molar-refractivity contribution < 1.29 is 14.4 Å². The molecule has 2 rings (SSSR count). The average Bonchev–Trinajstić information content (AvgIpc) is 2.77. The highest BCUT2D eigenvalue weighted by molar-refractivity contribution is 5.23. The van der Waals surface area contributed by atoms with Crippen molar-refractivity contribution in [1.29, 1.82) is 0 Å². The first-order valence-electron chi connectivity index (χ1n) is 4.27. The van der Waals surface area contributed by atoms with Gasteiger partial charge in [-0.25, -0.2) is 4.98 Å². The summed E-state index contributed by atoms with van der Waals surface area (Å²) in [6.07, 6.45) is 1.41. The fourth-order valence-electron chi connectivity index (χ4n) is 1.12. The summed E-state index contributed by atoms with van der Waals surface area (Å²) in [4.78, 5) is 7.76. The van der Waals surface area contributed by atoms with Crippen molar-refractivity contribution in [3.8, 4) is 11.9 Å². The number of hydrogen-bond donors (Lipinski definition) is 1. The normalized spacial score (nSPS) is 10.8. The zero-order valence-electron chi connectivity index (χ0n) is 8.34. The van der Waals surface area contributed by atoms with Crippen molar-refractivity contribution in [3.63, 3.8) is 0 Å². The third-order valence-electron chi connectivity index (χ3n) is 1.92. The molecule has 7 nitrogen and oxygen atoms in total. The number of ether oxygens (including phenoxy) is 1. The highest BCUT2D eigenvalue weighted by atomic mass is 16.5. The number of rotatable bonds is 3. The Bertz CT molecular complexity index is 462. The van der Waals surface area contributed by atoms with Crippen LogP contribution in [0, 0.1) is 6.92 Å². The van der Waals surface area contributed by atoms with Gasteiger partial charge in [0.15, 0.2) is 5.82 Å². The van der Waals surface area contributed by atoms with Crippen LogP contribution in [0.25, 0.3) is 6.01 Å². The summed E-state index contributed by atoms with van der Waals surface area (Å²) < 4.78 is 11.3. The molecule has 15 heavy (non-hydrogen) atoms. The Morgan fingerprint density at radius 3 is 3.00 bits per heavy atom. The van der Waals surface area contributed by atoms with E-state index in [2.05, 4.69) is 15.1 Å². The summed E-state index contributed by atoms with van der Waals surface area (Å²) >= 11 is 0. The molecule has 0 radical (unpaired) electrons. The third kappa shape index (κ3) is 1.68. The minimum absolute atomic E-state index is 0.0542. The Balaban J connectivity index is 2.33. The highest BCUT2D eigenvalue weighted by Crippen LogP contribution is 2.16. The second kappa shape index (κ2) is 3.70. The quantitative estimate of drug-likeness (QED) is 0.789. The first kappa shape index (κ1) is 9.66. The lowest BCUT2D eigenvalue weighted by atomic mass is 10.5. The molecule has 0 aliphatic carbocycles. The van der Waals surface area contributed by atoms with Gasteiger partial charge >= 0.3 is 6.01 Å². The molecule has 2 aromatic heterocycles. The lowest BCUT2D eigenvalue weighted by molar-refractivity contribution is 0.174. The Labute approximate surface area is 85.3 Å². The maximum atomic E-state index is 9.27. The van der Waals surface area contributed by atoms with Crippen molar-refractivity contribution in [2.75, 3.05) is 7.11 Å². The molecule has 0 atom stereocenters. The van der Waals surface area contributed by atoms with E-state index in [0.717, 1.165) is 0 Å². The number of aromatic nitrogens is 4. The maximum absolute atomic E-state index is 9.27. The fraction of sp³-hybridized carbons (Fsp3) is 0.375. The van der Waals surface area contributed by atoms with Gasteiger partial charge in [-0.3, -0.25) is 4.57 Å². The van der Waals surface area contributed by atoms with Crippen molar-refractivity contribution in [2.24, 2.45) is 0 Å². The van der Waals surface area contributed by atoms with Crippen molar-refractivity contribution in [3.05, 3.63) is 17.8 Å². The molecule has 0 spiro atoms. The van der Waals surface area contributed by atoms with Crippen LogP contribution in [0.4, 0.5) is 0 Å². The SMILES string of the molecule is COCc1noc(-n2cnc(O)c2C)n1. The van der Waals surface area contributed by atoms with Crippen LogP contribution >= 0.6 is 0 Å². The smallest absolute Gasteiger partial charge is 0.333 e. The van der Waals surface area contributed by atoms with Crippen LogP contribution in [-0.4, -0.2) is 31.9 Å². The van der Waals surface area contributed by atoms with Gasteiger partial charge in [-0.1, -0.05) is 5.16 Å². The molecule has 0 fully saturated rings. The van der Waals surface area contributed by atoms with E-state index in [-0.39, 0.29) is 18.5 Å². The lowest BCUT2D eigenvalue weighted by Gasteiger charge is -1.95. The van der Waals surface area contributed by atoms with E-state index < -0.39 is 0 Å². The predicted molar refractivity (Wildman–Crippen MR) is 48.5 cm³/mol. The molecule has 0 bridgehead atoms. The second-order valence-corrected chi connectivity index (χ2v) is 2.95. The van der Waals surface area contributed by atoms with E-state index in [4.69, 9.17) is 9.26 Å². The second-order valence-electron chi connectivity index (χ2n) is 2.95. The molecule has 2 aromatic rings. The molecule has 0 saturated heterocycles. The minimum atomic E-state index is -0.0542. The van der Waals surface area contributed by atoms with Crippen LogP contribution in [0.15, 0.2) is 10.9 Å². The summed E-state index contributed by atoms with van der Waals surface area (Å²) in [6.45, 7) is 1.98. The summed E-state index contributed by atoms with van der Waals surface area (Å²) in [6, 6.07) is 0.257. The van der Waals surface area contributed by atoms with Crippen molar-refractivity contribution in [2.45, 2.75) is 13.5 Å². The Kier molecular flexibility index (Phi) is 2.38. The van der Waals surface area contributed by atoms with Gasteiger partial charge in [-0.15, -0.1) is 0 Å². The van der Waals surface area contributed by atoms with Crippen LogP contribution in [0.1, 0.15) is 11.5 Å². The van der Waals surface area contributed by atoms with Gasteiger partial charge in [0, 0.05) is 7.11 Å². The van der Waals surface area contributed by atoms with Gasteiger partial charge in [0.2, 0.25) is 5.88 Å². The first-order valence-corrected chi connectivity index (χ1v) is 4.27. The average molecular weight is 210 g/mol. The van der Waals surface area contributed by atoms with Gasteiger partial charge in [0.25, 0.3) is 0 Å². The first-order chi connectivity index (χ1) is 7.22. The maximum Gasteiger partial charge on any atom is 0.333 e. The van der Waals surface area contributed by atoms with Gasteiger partial charge in [-0.05, 0) is 6.92 Å². The van der Waals surface area contributed by atoms with Crippen molar-refractivity contribution in [1.82, 2.24) is 19.7 Å². The number of hydrogen-bond acceptors (Lipinski definition) is 6. The molecule has 0 aliphatic heterocycles. The van der Waals surface area contributed by atoms with Crippen LogP contribution in [0.2, 0.25) is 0 Å². The zero-order valence-corrected chi connectivity index (χ0v) is 8.34. The molecule has 2 heterocycles. The molecule has 1 N–H and O–H groups in total. The molecule has 7 heteroatoms. The molecule has 0 aromatic carbocycles. The monoisotopic (exact) mass is 210 g/mol. The zero-order chi connectivity index (χ0) is 10.8. The minimum Gasteiger partial charge on any atom is -0.492 e. The Morgan fingerprint density at radius 2 is 2.40 bits per heavy atom. The summed E-state index contributed by atoms with van der Waals surface area (Å²) in [5.74, 6) is 0.390. The molecule has 0 aliphatic rings. The topological polar surface area (TPSA) is 86.2 Å². The molecular weight excluding hydrogens is 200 g/mol. The summed E-state index contributed by atoms with van der Waals surface area (Å²) in [7, 11) is 1.55. The Hall–Kier alpha value is -1.89. The van der Waals surface area contributed by atoms with Crippen LogP contribution in [0.5, 0.6) is 5.88 Å². The van der Waals surface area contributed by atoms with Crippen LogP contribution < -0.4 is 0 Å². The number of aromatic hydroxyl groups is 1. The predicted octanol–water partition coefficient (Wildman–Crippen LogP) is 0.416. The standard InChI is InChI=1S/C8H10N4O3/c1-5-7(13)9-4-12(5)8-10-6(3-14-2)11-15-8/h4,13H,3H2,1-2H3. The molecule has 80 valence electrons.